The molecule has 0 heterocycles. The summed E-state index contributed by atoms with van der Waals surface area (Å²) in [6.45, 7) is 4.99. The van der Waals surface area contributed by atoms with Crippen molar-refractivity contribution in [1.82, 2.24) is 5.48 Å². The number of nitrogens with one attached hydrogen (secondary N) is 1. The van der Waals surface area contributed by atoms with Crippen LogP contribution in [0.15, 0.2) is 0 Å². The first-order chi connectivity index (χ1) is 6.85. The molecule has 0 aliphatic rings. The fraction of sp³-hybridized carbons (Fsp3) is 0.778. The first-order valence-electron chi connectivity index (χ1n) is 4.64. The number of hydrogen-bond donors (Lipinski definition) is 2. The second-order valence-corrected chi connectivity index (χ2v) is 3.91. The third kappa shape index (κ3) is 9.01. The first kappa shape index (κ1) is 13.7. The van der Waals surface area contributed by atoms with Crippen LogP contribution in [0.2, 0.25) is 0 Å². The van der Waals surface area contributed by atoms with E-state index in [4.69, 9.17) is 9.84 Å². The fourth-order valence-electron chi connectivity index (χ4n) is 0.672. The summed E-state index contributed by atoms with van der Waals surface area (Å²) in [5, 5.41) is 8.43. The normalized spacial score (nSPS) is 10.7. The maximum atomic E-state index is 11.0. The molecule has 0 rings (SSSR count). The van der Waals surface area contributed by atoms with Crippen LogP contribution in [0.1, 0.15) is 33.6 Å². The van der Waals surface area contributed by atoms with Crippen LogP contribution in [0.5, 0.6) is 0 Å². The molecule has 0 bridgehead atoms. The van der Waals surface area contributed by atoms with Gasteiger partial charge in [-0.2, -0.15) is 0 Å². The van der Waals surface area contributed by atoms with Crippen molar-refractivity contribution in [1.29, 1.82) is 0 Å². The van der Waals surface area contributed by atoms with Gasteiger partial charge in [-0.15, -0.1) is 5.48 Å². The van der Waals surface area contributed by atoms with E-state index in [0.717, 1.165) is 0 Å². The molecule has 2 N–H and O–H groups in total. The third-order valence-corrected chi connectivity index (χ3v) is 1.19. The smallest absolute Gasteiger partial charge is 0.441 e. The quantitative estimate of drug-likeness (QED) is 0.684. The van der Waals surface area contributed by atoms with Crippen LogP contribution in [0, 0.1) is 0 Å². The number of ether oxygens (including phenoxy) is 1. The SMILES string of the molecule is CC(C)(C)OC(=O)NOC(=O)CCCO. The van der Waals surface area contributed by atoms with Gasteiger partial charge < -0.3 is 14.7 Å². The third-order valence-electron chi connectivity index (χ3n) is 1.19. The number of rotatable bonds is 3. The zero-order valence-corrected chi connectivity index (χ0v) is 9.20. The fourth-order valence-corrected chi connectivity index (χ4v) is 0.672. The van der Waals surface area contributed by atoms with E-state index in [1.807, 2.05) is 5.48 Å². The van der Waals surface area contributed by atoms with Crippen molar-refractivity contribution in [2.24, 2.45) is 0 Å². The second-order valence-electron chi connectivity index (χ2n) is 3.91. The number of carbonyl (C=O) groups is 2. The zero-order chi connectivity index (χ0) is 11.9. The van der Waals surface area contributed by atoms with Crippen LogP contribution >= 0.6 is 0 Å². The highest BCUT2D eigenvalue weighted by Crippen LogP contribution is 2.06. The van der Waals surface area contributed by atoms with E-state index in [0.29, 0.717) is 6.42 Å². The second kappa shape index (κ2) is 6.23. The molecule has 1 amide bonds. The van der Waals surface area contributed by atoms with Gasteiger partial charge in [-0.25, -0.2) is 9.59 Å². The standard InChI is InChI=1S/C9H17NO5/c1-9(2,3)14-8(13)10-15-7(12)5-4-6-11/h11H,4-6H2,1-3H3,(H,10,13). The zero-order valence-electron chi connectivity index (χ0n) is 9.20. The Kier molecular flexibility index (Phi) is 5.69. The van der Waals surface area contributed by atoms with Gasteiger partial charge in [-0.1, -0.05) is 0 Å². The van der Waals surface area contributed by atoms with Crippen molar-refractivity contribution in [3.63, 3.8) is 0 Å². The molecule has 0 unspecified atom stereocenters. The average molecular weight is 219 g/mol. The first-order valence-corrected chi connectivity index (χ1v) is 4.64. The summed E-state index contributed by atoms with van der Waals surface area (Å²) in [7, 11) is 0. The summed E-state index contributed by atoms with van der Waals surface area (Å²) in [6, 6.07) is 0. The summed E-state index contributed by atoms with van der Waals surface area (Å²) in [5.74, 6) is -0.616. The van der Waals surface area contributed by atoms with E-state index < -0.39 is 17.7 Å². The minimum Gasteiger partial charge on any atom is -0.442 e. The average Bonchev–Trinajstić information content (AvgIpc) is 2.08. The largest absolute Gasteiger partial charge is 0.442 e. The Hall–Kier alpha value is -1.30. The maximum Gasteiger partial charge on any atom is 0.441 e. The molecule has 6 nitrogen and oxygen atoms in total. The van der Waals surface area contributed by atoms with Crippen molar-refractivity contribution in [3.05, 3.63) is 0 Å². The monoisotopic (exact) mass is 219 g/mol. The van der Waals surface area contributed by atoms with E-state index in [1.54, 1.807) is 20.8 Å². The summed E-state index contributed by atoms with van der Waals surface area (Å²) in [4.78, 5) is 26.2. The van der Waals surface area contributed by atoms with Crippen molar-refractivity contribution >= 4 is 12.1 Å². The molecule has 0 aliphatic heterocycles. The highest BCUT2D eigenvalue weighted by molar-refractivity contribution is 5.73. The summed E-state index contributed by atoms with van der Waals surface area (Å²) < 4.78 is 4.82. The van der Waals surface area contributed by atoms with Gasteiger partial charge in [0.2, 0.25) is 0 Å². The van der Waals surface area contributed by atoms with Gasteiger partial charge in [0.15, 0.2) is 0 Å². The van der Waals surface area contributed by atoms with Gasteiger partial charge in [0.1, 0.15) is 5.60 Å². The summed E-state index contributed by atoms with van der Waals surface area (Å²) in [6.07, 6.45) is -0.471. The Balaban J connectivity index is 3.67. The Morgan fingerprint density at radius 2 is 1.93 bits per heavy atom. The predicted molar refractivity (Wildman–Crippen MR) is 51.8 cm³/mol. The van der Waals surface area contributed by atoms with Crippen LogP contribution in [0.3, 0.4) is 0 Å². The topological polar surface area (TPSA) is 84.9 Å². The molecular weight excluding hydrogens is 202 g/mol. The van der Waals surface area contributed by atoms with Gasteiger partial charge in [-0.3, -0.25) is 0 Å². The molecule has 0 aromatic rings. The number of hydroxylamine groups is 1. The number of aliphatic hydroxyl groups is 1. The number of aliphatic hydroxyl groups excluding tert-OH is 1. The molecular formula is C9H17NO5. The molecule has 0 atom stereocenters. The summed E-state index contributed by atoms with van der Waals surface area (Å²) in [5.41, 5.74) is 1.22. The van der Waals surface area contributed by atoms with Gasteiger partial charge >= 0.3 is 12.1 Å². The van der Waals surface area contributed by atoms with Gasteiger partial charge in [-0.05, 0) is 27.2 Å². The van der Waals surface area contributed by atoms with Crippen molar-refractivity contribution < 1.29 is 24.3 Å². The number of carbonyl (C=O) groups excluding carboxylic acids is 2. The highest BCUT2D eigenvalue weighted by Gasteiger charge is 2.17. The molecule has 0 aliphatic carbocycles. The van der Waals surface area contributed by atoms with Gasteiger partial charge in [0.25, 0.3) is 0 Å². The van der Waals surface area contributed by atoms with Gasteiger partial charge in [0, 0.05) is 6.61 Å². The molecule has 0 spiro atoms. The summed E-state index contributed by atoms with van der Waals surface area (Å²) >= 11 is 0. The van der Waals surface area contributed by atoms with E-state index in [1.165, 1.54) is 0 Å². The van der Waals surface area contributed by atoms with Crippen LogP contribution in [0.25, 0.3) is 0 Å². The molecule has 15 heavy (non-hydrogen) atoms. The Labute approximate surface area is 88.5 Å². The molecule has 0 fully saturated rings. The number of hydrogen-bond acceptors (Lipinski definition) is 5. The molecule has 0 saturated heterocycles. The predicted octanol–water partition coefficient (Wildman–Crippen LogP) is 0.742. The molecule has 0 aromatic heterocycles. The molecule has 88 valence electrons. The van der Waals surface area contributed by atoms with E-state index >= 15 is 0 Å². The van der Waals surface area contributed by atoms with Crippen LogP contribution in [-0.2, 0) is 14.4 Å². The Morgan fingerprint density at radius 1 is 1.33 bits per heavy atom. The van der Waals surface area contributed by atoms with Crippen molar-refractivity contribution in [2.45, 2.75) is 39.2 Å². The lowest BCUT2D eigenvalue weighted by atomic mass is 10.2. The number of amides is 1. The maximum absolute atomic E-state index is 11.0. The molecule has 0 saturated carbocycles. The van der Waals surface area contributed by atoms with E-state index in [-0.39, 0.29) is 13.0 Å². The minimum atomic E-state index is -0.820. The molecule has 0 aromatic carbocycles. The molecule has 6 heteroatoms. The minimum absolute atomic E-state index is 0.0479. The molecule has 0 radical (unpaired) electrons. The van der Waals surface area contributed by atoms with Crippen molar-refractivity contribution in [3.8, 4) is 0 Å². The lowest BCUT2D eigenvalue weighted by molar-refractivity contribution is -0.150. The van der Waals surface area contributed by atoms with Crippen LogP contribution < -0.4 is 5.48 Å². The lowest BCUT2D eigenvalue weighted by Crippen LogP contribution is -2.34. The highest BCUT2D eigenvalue weighted by atomic mass is 16.7. The van der Waals surface area contributed by atoms with E-state index in [2.05, 4.69) is 4.84 Å². The Morgan fingerprint density at radius 3 is 2.40 bits per heavy atom. The van der Waals surface area contributed by atoms with Crippen molar-refractivity contribution in [2.75, 3.05) is 6.61 Å². The van der Waals surface area contributed by atoms with E-state index in [9.17, 15) is 9.59 Å². The van der Waals surface area contributed by atoms with Gasteiger partial charge in [0.05, 0.1) is 6.42 Å². The van der Waals surface area contributed by atoms with Crippen LogP contribution in [0.4, 0.5) is 4.79 Å². The Bertz CT molecular complexity index is 221. The van der Waals surface area contributed by atoms with Crippen LogP contribution in [-0.4, -0.2) is 29.4 Å². The lowest BCUT2D eigenvalue weighted by Gasteiger charge is -2.19.